The second kappa shape index (κ2) is 6.39. The van der Waals surface area contributed by atoms with Crippen LogP contribution in [0.15, 0.2) is 29.6 Å². The van der Waals surface area contributed by atoms with Gasteiger partial charge in [0.25, 0.3) is 0 Å². The molecule has 1 saturated carbocycles. The molecule has 1 aliphatic carbocycles. The van der Waals surface area contributed by atoms with E-state index < -0.39 is 0 Å². The maximum atomic E-state index is 11.4. The van der Waals surface area contributed by atoms with Crippen LogP contribution in [0, 0.1) is 0 Å². The summed E-state index contributed by atoms with van der Waals surface area (Å²) in [4.78, 5) is 16.0. The first-order valence-electron chi connectivity index (χ1n) is 7.46. The Hall–Kier alpha value is -1.68. The van der Waals surface area contributed by atoms with Crippen molar-refractivity contribution >= 4 is 17.3 Å². The zero-order valence-electron chi connectivity index (χ0n) is 12.2. The lowest BCUT2D eigenvalue weighted by Gasteiger charge is -2.01. The molecule has 1 aromatic carbocycles. The quantitative estimate of drug-likeness (QED) is 0.751. The third-order valence-corrected chi connectivity index (χ3v) is 4.56. The van der Waals surface area contributed by atoms with Gasteiger partial charge in [0.2, 0.25) is 0 Å². The summed E-state index contributed by atoms with van der Waals surface area (Å²) in [7, 11) is 0. The Morgan fingerprint density at radius 3 is 3.05 bits per heavy atom. The minimum absolute atomic E-state index is 0.150. The molecule has 1 aliphatic rings. The van der Waals surface area contributed by atoms with Gasteiger partial charge in [0.05, 0.1) is 18.7 Å². The molecule has 4 heteroatoms. The molecule has 110 valence electrons. The highest BCUT2D eigenvalue weighted by Gasteiger charge is 2.23. The van der Waals surface area contributed by atoms with Gasteiger partial charge in [-0.1, -0.05) is 18.2 Å². The van der Waals surface area contributed by atoms with Crippen LogP contribution >= 0.6 is 11.3 Å². The van der Waals surface area contributed by atoms with Gasteiger partial charge in [-0.3, -0.25) is 4.79 Å². The summed E-state index contributed by atoms with van der Waals surface area (Å²) >= 11 is 1.65. The highest BCUT2D eigenvalue weighted by atomic mass is 32.1. The largest absolute Gasteiger partial charge is 0.466 e. The molecule has 3 rings (SSSR count). The molecule has 0 radical (unpaired) electrons. The van der Waals surface area contributed by atoms with E-state index >= 15 is 0 Å². The summed E-state index contributed by atoms with van der Waals surface area (Å²) in [5.74, 6) is 0.607. The van der Waals surface area contributed by atoms with Gasteiger partial charge < -0.3 is 4.74 Å². The molecule has 1 fully saturated rings. The molecule has 3 nitrogen and oxygen atoms in total. The Morgan fingerprint density at radius 2 is 2.29 bits per heavy atom. The molecule has 0 spiro atoms. The summed E-state index contributed by atoms with van der Waals surface area (Å²) in [6.45, 7) is 2.26. The van der Waals surface area contributed by atoms with Crippen molar-refractivity contribution in [3.8, 4) is 10.6 Å². The van der Waals surface area contributed by atoms with Crippen molar-refractivity contribution in [1.82, 2.24) is 4.98 Å². The lowest BCUT2D eigenvalue weighted by Crippen LogP contribution is -2.05. The molecule has 1 aromatic heterocycles. The number of hydrogen-bond donors (Lipinski definition) is 0. The molecule has 2 aromatic rings. The molecule has 0 saturated heterocycles. The Kier molecular flexibility index (Phi) is 4.34. The van der Waals surface area contributed by atoms with E-state index in [0.717, 1.165) is 16.6 Å². The summed E-state index contributed by atoms with van der Waals surface area (Å²) in [5, 5.41) is 3.08. The fraction of sp³-hybridized carbons (Fsp3) is 0.412. The summed E-state index contributed by atoms with van der Waals surface area (Å²) in [5.41, 5.74) is 3.59. The fourth-order valence-corrected chi connectivity index (χ4v) is 3.21. The predicted octanol–water partition coefficient (Wildman–Crippen LogP) is 4.18. The first kappa shape index (κ1) is 14.3. The van der Waals surface area contributed by atoms with Gasteiger partial charge in [-0.25, -0.2) is 4.98 Å². The van der Waals surface area contributed by atoms with Crippen LogP contribution in [-0.2, 0) is 16.0 Å². The van der Waals surface area contributed by atoms with Crippen LogP contribution in [0.25, 0.3) is 10.6 Å². The Balaban J connectivity index is 1.66. The topological polar surface area (TPSA) is 39.2 Å². The number of carbonyl (C=O) groups is 1. The maximum Gasteiger partial charge on any atom is 0.306 e. The summed E-state index contributed by atoms with van der Waals surface area (Å²) < 4.78 is 4.94. The van der Waals surface area contributed by atoms with Gasteiger partial charge >= 0.3 is 5.97 Å². The van der Waals surface area contributed by atoms with Crippen molar-refractivity contribution in [2.75, 3.05) is 6.61 Å². The number of hydrogen-bond acceptors (Lipinski definition) is 4. The van der Waals surface area contributed by atoms with E-state index in [4.69, 9.17) is 4.74 Å². The zero-order valence-corrected chi connectivity index (χ0v) is 13.0. The Labute approximate surface area is 129 Å². The van der Waals surface area contributed by atoms with Gasteiger partial charge in [0.15, 0.2) is 0 Å². The SMILES string of the molecule is CCOC(=O)CCc1csc(-c2cccc(C3CC3)c2)n1. The maximum absolute atomic E-state index is 11.4. The van der Waals surface area contributed by atoms with Crippen molar-refractivity contribution in [3.05, 3.63) is 40.9 Å². The van der Waals surface area contributed by atoms with E-state index in [2.05, 4.69) is 29.2 Å². The minimum Gasteiger partial charge on any atom is -0.466 e. The number of rotatable bonds is 6. The van der Waals surface area contributed by atoms with Gasteiger partial charge in [-0.15, -0.1) is 11.3 Å². The average molecular weight is 301 g/mol. The second-order valence-electron chi connectivity index (χ2n) is 5.35. The second-order valence-corrected chi connectivity index (χ2v) is 6.21. The van der Waals surface area contributed by atoms with Crippen LogP contribution in [0.2, 0.25) is 0 Å². The van der Waals surface area contributed by atoms with Crippen molar-refractivity contribution in [2.45, 2.75) is 38.5 Å². The Bertz CT molecular complexity index is 631. The molecule has 0 atom stereocenters. The van der Waals surface area contributed by atoms with Gasteiger partial charge in [-0.2, -0.15) is 0 Å². The molecule has 0 aliphatic heterocycles. The van der Waals surface area contributed by atoms with Gasteiger partial charge in [0.1, 0.15) is 5.01 Å². The van der Waals surface area contributed by atoms with E-state index in [1.165, 1.54) is 24.0 Å². The van der Waals surface area contributed by atoms with E-state index in [9.17, 15) is 4.79 Å². The molecular weight excluding hydrogens is 282 g/mol. The van der Waals surface area contributed by atoms with E-state index in [1.807, 2.05) is 12.3 Å². The van der Waals surface area contributed by atoms with Crippen LogP contribution in [0.5, 0.6) is 0 Å². The van der Waals surface area contributed by atoms with Gasteiger partial charge in [-0.05, 0) is 37.3 Å². The first-order valence-corrected chi connectivity index (χ1v) is 8.34. The van der Waals surface area contributed by atoms with Crippen LogP contribution in [0.3, 0.4) is 0 Å². The predicted molar refractivity (Wildman–Crippen MR) is 84.5 cm³/mol. The highest BCUT2D eigenvalue weighted by Crippen LogP contribution is 2.41. The fourth-order valence-electron chi connectivity index (χ4n) is 2.36. The van der Waals surface area contributed by atoms with Crippen molar-refractivity contribution in [1.29, 1.82) is 0 Å². The lowest BCUT2D eigenvalue weighted by atomic mass is 10.1. The average Bonchev–Trinajstić information content (AvgIpc) is 3.24. The van der Waals surface area contributed by atoms with E-state index in [1.54, 1.807) is 11.3 Å². The molecule has 0 unspecified atom stereocenters. The van der Waals surface area contributed by atoms with Crippen LogP contribution in [-0.4, -0.2) is 17.6 Å². The summed E-state index contributed by atoms with van der Waals surface area (Å²) in [6.07, 6.45) is 3.68. The van der Waals surface area contributed by atoms with E-state index in [0.29, 0.717) is 19.4 Å². The smallest absolute Gasteiger partial charge is 0.306 e. The number of aromatic nitrogens is 1. The minimum atomic E-state index is -0.150. The molecule has 21 heavy (non-hydrogen) atoms. The third kappa shape index (κ3) is 3.70. The summed E-state index contributed by atoms with van der Waals surface area (Å²) in [6, 6.07) is 8.69. The van der Waals surface area contributed by atoms with Crippen molar-refractivity contribution in [3.63, 3.8) is 0 Å². The zero-order chi connectivity index (χ0) is 14.7. The number of aryl methyl sites for hydroxylation is 1. The highest BCUT2D eigenvalue weighted by molar-refractivity contribution is 7.13. The van der Waals surface area contributed by atoms with Crippen LogP contribution in [0.1, 0.15) is 43.4 Å². The molecule has 0 amide bonds. The number of ether oxygens (including phenoxy) is 1. The molecule has 0 bridgehead atoms. The first-order chi connectivity index (χ1) is 10.3. The van der Waals surface area contributed by atoms with Crippen LogP contribution < -0.4 is 0 Å². The molecule has 0 N–H and O–H groups in total. The lowest BCUT2D eigenvalue weighted by molar-refractivity contribution is -0.143. The number of nitrogens with zero attached hydrogens (tertiary/aromatic N) is 1. The normalized spacial score (nSPS) is 14.1. The number of thiazole rings is 1. The van der Waals surface area contributed by atoms with Crippen molar-refractivity contribution < 1.29 is 9.53 Å². The monoisotopic (exact) mass is 301 g/mol. The van der Waals surface area contributed by atoms with Gasteiger partial charge in [0, 0.05) is 17.4 Å². The number of carbonyl (C=O) groups excluding carboxylic acids is 1. The molecular formula is C17H19NO2S. The third-order valence-electron chi connectivity index (χ3n) is 3.62. The number of esters is 1. The Morgan fingerprint density at radius 1 is 1.43 bits per heavy atom. The van der Waals surface area contributed by atoms with Crippen LogP contribution in [0.4, 0.5) is 0 Å². The number of benzene rings is 1. The van der Waals surface area contributed by atoms with Crippen molar-refractivity contribution in [2.24, 2.45) is 0 Å². The van der Waals surface area contributed by atoms with E-state index in [-0.39, 0.29) is 5.97 Å². The standard InChI is InChI=1S/C17H19NO2S/c1-2-20-16(19)9-8-15-11-21-17(18-15)14-5-3-4-13(10-14)12-6-7-12/h3-5,10-12H,2,6-9H2,1H3. The molecule has 1 heterocycles.